The fraction of sp³-hybridized carbons (Fsp3) is 0.0769. The summed E-state index contributed by atoms with van der Waals surface area (Å²) in [7, 11) is 0. The highest BCUT2D eigenvalue weighted by atomic mass is 35.5. The molecular formula is C13H11ClFN3O. The zero-order chi connectivity index (χ0) is 13.8. The Hall–Kier alpha value is -2.14. The summed E-state index contributed by atoms with van der Waals surface area (Å²) >= 11 is 5.85. The summed E-state index contributed by atoms with van der Waals surface area (Å²) in [5, 5.41) is 7.50. The van der Waals surface area contributed by atoms with Gasteiger partial charge in [0.1, 0.15) is 18.1 Å². The fourth-order valence-corrected chi connectivity index (χ4v) is 1.70. The molecular weight excluding hydrogens is 269 g/mol. The average molecular weight is 280 g/mol. The van der Waals surface area contributed by atoms with Gasteiger partial charge in [-0.2, -0.15) is 0 Å². The average Bonchev–Trinajstić information content (AvgIpc) is 2.38. The molecule has 2 aromatic rings. The molecule has 0 spiro atoms. The Labute approximate surface area is 114 Å². The number of amidine groups is 1. The minimum absolute atomic E-state index is 0.00496. The molecule has 0 aliphatic rings. The standard InChI is InChI=1S/C13H11ClFN3O/c14-9-2-1-3-10(15)12(9)19-7-8-4-5-18-11(6-8)13(16)17/h1-6H,7H2,(H3,16,17). The van der Waals surface area contributed by atoms with Gasteiger partial charge in [0.05, 0.1) is 5.02 Å². The van der Waals surface area contributed by atoms with Gasteiger partial charge >= 0.3 is 0 Å². The second kappa shape index (κ2) is 5.67. The third-order valence-electron chi connectivity index (χ3n) is 2.40. The highest BCUT2D eigenvalue weighted by molar-refractivity contribution is 6.32. The summed E-state index contributed by atoms with van der Waals surface area (Å²) in [6.07, 6.45) is 1.51. The highest BCUT2D eigenvalue weighted by Crippen LogP contribution is 2.27. The van der Waals surface area contributed by atoms with Crippen LogP contribution in [-0.2, 0) is 6.61 Å². The van der Waals surface area contributed by atoms with Crippen LogP contribution in [0.25, 0.3) is 0 Å². The van der Waals surface area contributed by atoms with Gasteiger partial charge in [0, 0.05) is 6.20 Å². The maximum absolute atomic E-state index is 13.5. The van der Waals surface area contributed by atoms with Crippen LogP contribution in [0, 0.1) is 11.2 Å². The van der Waals surface area contributed by atoms with Crippen LogP contribution in [0.3, 0.4) is 0 Å². The summed E-state index contributed by atoms with van der Waals surface area (Å²) in [5.41, 5.74) is 6.41. The van der Waals surface area contributed by atoms with Gasteiger partial charge in [-0.3, -0.25) is 10.4 Å². The summed E-state index contributed by atoms with van der Waals surface area (Å²) in [4.78, 5) is 3.92. The quantitative estimate of drug-likeness (QED) is 0.668. The van der Waals surface area contributed by atoms with Crippen molar-refractivity contribution in [2.75, 3.05) is 0 Å². The molecule has 2 rings (SSSR count). The number of nitrogens with zero attached hydrogens (tertiary/aromatic N) is 1. The molecule has 4 nitrogen and oxygen atoms in total. The van der Waals surface area contributed by atoms with Crippen molar-refractivity contribution in [3.63, 3.8) is 0 Å². The third-order valence-corrected chi connectivity index (χ3v) is 2.70. The monoisotopic (exact) mass is 279 g/mol. The van der Waals surface area contributed by atoms with E-state index in [1.165, 1.54) is 18.3 Å². The second-order valence-electron chi connectivity index (χ2n) is 3.80. The van der Waals surface area contributed by atoms with E-state index in [4.69, 9.17) is 27.5 Å². The summed E-state index contributed by atoms with van der Waals surface area (Å²) < 4.78 is 18.8. The Bertz CT molecular complexity index is 598. The topological polar surface area (TPSA) is 72.0 Å². The van der Waals surface area contributed by atoms with Crippen molar-refractivity contribution in [2.24, 2.45) is 5.73 Å². The van der Waals surface area contributed by atoms with Crippen LogP contribution in [-0.4, -0.2) is 10.8 Å². The molecule has 98 valence electrons. The number of aromatic nitrogens is 1. The Morgan fingerprint density at radius 3 is 2.89 bits per heavy atom. The Kier molecular flexibility index (Phi) is 3.97. The molecule has 0 fully saturated rings. The van der Waals surface area contributed by atoms with E-state index in [-0.39, 0.29) is 23.2 Å². The molecule has 0 saturated heterocycles. The molecule has 0 aliphatic heterocycles. The third kappa shape index (κ3) is 3.20. The molecule has 0 aliphatic carbocycles. The van der Waals surface area contributed by atoms with Gasteiger partial charge in [0.15, 0.2) is 11.6 Å². The van der Waals surface area contributed by atoms with E-state index in [0.717, 1.165) is 5.56 Å². The van der Waals surface area contributed by atoms with E-state index in [0.29, 0.717) is 5.69 Å². The SMILES string of the molecule is N=C(N)c1cc(COc2c(F)cccc2Cl)ccn1. The van der Waals surface area contributed by atoms with Crippen LogP contribution in [0.5, 0.6) is 5.75 Å². The molecule has 1 aromatic heterocycles. The molecule has 0 saturated carbocycles. The number of para-hydroxylation sites is 1. The molecule has 19 heavy (non-hydrogen) atoms. The normalized spacial score (nSPS) is 10.2. The fourth-order valence-electron chi connectivity index (χ4n) is 1.49. The second-order valence-corrected chi connectivity index (χ2v) is 4.21. The summed E-state index contributed by atoms with van der Waals surface area (Å²) in [6.45, 7) is 0.115. The van der Waals surface area contributed by atoms with Gasteiger partial charge in [-0.15, -0.1) is 0 Å². The minimum atomic E-state index is -0.520. The van der Waals surface area contributed by atoms with Crippen LogP contribution in [0.15, 0.2) is 36.5 Å². The first-order valence-corrected chi connectivity index (χ1v) is 5.82. The molecule has 6 heteroatoms. The van der Waals surface area contributed by atoms with Crippen LogP contribution in [0.2, 0.25) is 5.02 Å². The van der Waals surface area contributed by atoms with E-state index in [2.05, 4.69) is 4.98 Å². The van der Waals surface area contributed by atoms with Gasteiger partial charge in [0.25, 0.3) is 0 Å². The predicted octanol–water partition coefficient (Wildman–Crippen LogP) is 2.74. The van der Waals surface area contributed by atoms with Crippen LogP contribution in [0.1, 0.15) is 11.3 Å². The largest absolute Gasteiger partial charge is 0.484 e. The summed E-state index contributed by atoms with van der Waals surface area (Å²) in [5.74, 6) is -0.649. The molecule has 0 unspecified atom stereocenters. The zero-order valence-electron chi connectivity index (χ0n) is 9.86. The molecule has 1 heterocycles. The van der Waals surface area contributed by atoms with Crippen LogP contribution in [0.4, 0.5) is 4.39 Å². The molecule has 0 atom stereocenters. The first-order valence-electron chi connectivity index (χ1n) is 5.44. The van der Waals surface area contributed by atoms with E-state index in [1.54, 1.807) is 18.2 Å². The Balaban J connectivity index is 2.15. The number of nitrogen functional groups attached to an aromatic ring is 1. The van der Waals surface area contributed by atoms with Crippen molar-refractivity contribution in [1.82, 2.24) is 4.98 Å². The number of nitrogens with two attached hydrogens (primary N) is 1. The number of hydrogen-bond donors (Lipinski definition) is 2. The van der Waals surface area contributed by atoms with E-state index in [9.17, 15) is 4.39 Å². The van der Waals surface area contributed by atoms with Gasteiger partial charge in [-0.05, 0) is 29.8 Å². The maximum Gasteiger partial charge on any atom is 0.174 e. The zero-order valence-corrected chi connectivity index (χ0v) is 10.6. The smallest absolute Gasteiger partial charge is 0.174 e. The highest BCUT2D eigenvalue weighted by Gasteiger charge is 2.08. The van der Waals surface area contributed by atoms with Crippen molar-refractivity contribution >= 4 is 17.4 Å². The minimum Gasteiger partial charge on any atom is -0.484 e. The van der Waals surface area contributed by atoms with Gasteiger partial charge in [0.2, 0.25) is 0 Å². The van der Waals surface area contributed by atoms with Crippen molar-refractivity contribution in [2.45, 2.75) is 6.61 Å². The van der Waals surface area contributed by atoms with Crippen molar-refractivity contribution in [3.8, 4) is 5.75 Å². The first kappa shape index (κ1) is 13.3. The van der Waals surface area contributed by atoms with Gasteiger partial charge in [-0.25, -0.2) is 4.39 Å². The molecule has 0 amide bonds. The number of rotatable bonds is 4. The van der Waals surface area contributed by atoms with Gasteiger partial charge in [-0.1, -0.05) is 17.7 Å². The van der Waals surface area contributed by atoms with Crippen molar-refractivity contribution < 1.29 is 9.13 Å². The number of benzene rings is 1. The lowest BCUT2D eigenvalue weighted by Crippen LogP contribution is -2.13. The number of ether oxygens (including phenoxy) is 1. The predicted molar refractivity (Wildman–Crippen MR) is 71.0 cm³/mol. The van der Waals surface area contributed by atoms with Crippen molar-refractivity contribution in [3.05, 3.63) is 58.6 Å². The first-order chi connectivity index (χ1) is 9.08. The van der Waals surface area contributed by atoms with Gasteiger partial charge < -0.3 is 10.5 Å². The lowest BCUT2D eigenvalue weighted by atomic mass is 10.2. The summed E-state index contributed by atoms with van der Waals surface area (Å²) in [6, 6.07) is 7.63. The number of nitrogens with one attached hydrogen (secondary N) is 1. The van der Waals surface area contributed by atoms with E-state index >= 15 is 0 Å². The Morgan fingerprint density at radius 2 is 2.21 bits per heavy atom. The molecule has 1 aromatic carbocycles. The number of halogens is 2. The number of pyridine rings is 1. The molecule has 0 bridgehead atoms. The molecule has 3 N–H and O–H groups in total. The lowest BCUT2D eigenvalue weighted by molar-refractivity contribution is 0.290. The van der Waals surface area contributed by atoms with Crippen LogP contribution < -0.4 is 10.5 Å². The van der Waals surface area contributed by atoms with Crippen LogP contribution >= 0.6 is 11.6 Å². The maximum atomic E-state index is 13.5. The number of hydrogen-bond acceptors (Lipinski definition) is 3. The van der Waals surface area contributed by atoms with E-state index < -0.39 is 5.82 Å². The van der Waals surface area contributed by atoms with E-state index in [1.807, 2.05) is 0 Å². The lowest BCUT2D eigenvalue weighted by Gasteiger charge is -2.09. The Morgan fingerprint density at radius 1 is 1.42 bits per heavy atom. The van der Waals surface area contributed by atoms with Crippen molar-refractivity contribution in [1.29, 1.82) is 5.41 Å². The molecule has 0 radical (unpaired) electrons.